The summed E-state index contributed by atoms with van der Waals surface area (Å²) < 4.78 is 0. The number of carbonyl (C=O) groups is 1. The maximum atomic E-state index is 12.6. The first-order chi connectivity index (χ1) is 12.6. The van der Waals surface area contributed by atoms with Gasteiger partial charge in [0.05, 0.1) is 5.25 Å². The van der Waals surface area contributed by atoms with Crippen LogP contribution in [0.15, 0.2) is 35.4 Å². The number of fused-ring (bicyclic) bond motifs is 3. The van der Waals surface area contributed by atoms with Crippen molar-refractivity contribution in [3.8, 4) is 0 Å². The highest BCUT2D eigenvalue weighted by molar-refractivity contribution is 8.00. The maximum Gasteiger partial charge on any atom is 0.237 e. The Kier molecular flexibility index (Phi) is 4.96. The van der Waals surface area contributed by atoms with Crippen molar-refractivity contribution in [2.45, 2.75) is 49.8 Å². The van der Waals surface area contributed by atoms with Crippen molar-refractivity contribution in [2.24, 2.45) is 0 Å². The highest BCUT2D eigenvalue weighted by atomic mass is 32.2. The van der Waals surface area contributed by atoms with Gasteiger partial charge in [0.25, 0.3) is 0 Å². The number of benzene rings is 1. The third-order valence-corrected chi connectivity index (χ3v) is 6.86. The number of amides is 1. The molecule has 3 aromatic rings. The third-order valence-electron chi connectivity index (χ3n) is 4.59. The molecule has 2 aromatic heterocycles. The zero-order valence-corrected chi connectivity index (χ0v) is 16.5. The number of para-hydroxylation sites is 1. The van der Waals surface area contributed by atoms with E-state index in [1.807, 2.05) is 44.2 Å². The van der Waals surface area contributed by atoms with Crippen molar-refractivity contribution in [1.82, 2.24) is 9.97 Å². The number of anilines is 1. The molecule has 0 saturated carbocycles. The van der Waals surface area contributed by atoms with Crippen LogP contribution in [-0.2, 0) is 17.6 Å². The molecule has 26 heavy (non-hydrogen) atoms. The molecule has 0 unspecified atom stereocenters. The van der Waals surface area contributed by atoms with Crippen LogP contribution in [-0.4, -0.2) is 21.1 Å². The second kappa shape index (κ2) is 7.37. The molecule has 0 bridgehead atoms. The van der Waals surface area contributed by atoms with Crippen LogP contribution in [0.5, 0.6) is 0 Å². The van der Waals surface area contributed by atoms with Gasteiger partial charge in [0.2, 0.25) is 5.91 Å². The Morgan fingerprint density at radius 1 is 1.19 bits per heavy atom. The molecule has 1 aromatic carbocycles. The molecule has 1 aliphatic rings. The largest absolute Gasteiger partial charge is 0.325 e. The van der Waals surface area contributed by atoms with E-state index in [9.17, 15) is 4.79 Å². The Morgan fingerprint density at radius 2 is 1.96 bits per heavy atom. The van der Waals surface area contributed by atoms with Crippen LogP contribution in [0.25, 0.3) is 10.2 Å². The number of hydrogen-bond acceptors (Lipinski definition) is 5. The summed E-state index contributed by atoms with van der Waals surface area (Å²) in [4.78, 5) is 24.5. The fraction of sp³-hybridized carbons (Fsp3) is 0.350. The Bertz CT molecular complexity index is 953. The summed E-state index contributed by atoms with van der Waals surface area (Å²) in [6.45, 7) is 3.86. The lowest BCUT2D eigenvalue weighted by Crippen LogP contribution is -2.22. The number of carbonyl (C=O) groups excluding carboxylic acids is 1. The van der Waals surface area contributed by atoms with Crippen molar-refractivity contribution in [3.05, 3.63) is 46.6 Å². The number of rotatable bonds is 4. The number of aromatic nitrogens is 2. The second-order valence-electron chi connectivity index (χ2n) is 6.58. The van der Waals surface area contributed by atoms with E-state index in [0.717, 1.165) is 34.2 Å². The predicted octanol–water partition coefficient (Wildman–Crippen LogP) is 5.00. The minimum Gasteiger partial charge on any atom is -0.325 e. The monoisotopic (exact) mass is 383 g/mol. The Labute approximate surface area is 161 Å². The molecule has 0 radical (unpaired) electrons. The fourth-order valence-corrected chi connectivity index (χ4v) is 5.69. The lowest BCUT2D eigenvalue weighted by Gasteiger charge is -2.14. The van der Waals surface area contributed by atoms with Crippen molar-refractivity contribution >= 4 is 44.9 Å². The standard InChI is InChI=1S/C20H21N3OS2/c1-12(18(24)23-14-8-4-3-5-9-14)25-19-17-15-10-6-7-11-16(15)26-20(17)22-13(2)21-19/h3-5,8-9,12H,6-7,10-11H2,1-2H3,(H,23,24)/t12-/m0/s1. The van der Waals surface area contributed by atoms with Gasteiger partial charge in [-0.3, -0.25) is 4.79 Å². The highest BCUT2D eigenvalue weighted by Crippen LogP contribution is 2.40. The van der Waals surface area contributed by atoms with Gasteiger partial charge in [0, 0.05) is 16.0 Å². The van der Waals surface area contributed by atoms with E-state index in [0.29, 0.717) is 0 Å². The van der Waals surface area contributed by atoms with Crippen LogP contribution in [0.3, 0.4) is 0 Å². The van der Waals surface area contributed by atoms with Gasteiger partial charge in [-0.1, -0.05) is 30.0 Å². The van der Waals surface area contributed by atoms with Crippen LogP contribution >= 0.6 is 23.1 Å². The number of thiophene rings is 1. The quantitative estimate of drug-likeness (QED) is 0.509. The summed E-state index contributed by atoms with van der Waals surface area (Å²) in [5.74, 6) is 0.768. The lowest BCUT2D eigenvalue weighted by atomic mass is 9.97. The maximum absolute atomic E-state index is 12.6. The topological polar surface area (TPSA) is 54.9 Å². The summed E-state index contributed by atoms with van der Waals surface area (Å²) in [5.41, 5.74) is 2.23. The third kappa shape index (κ3) is 3.48. The van der Waals surface area contributed by atoms with Crippen LogP contribution in [0.2, 0.25) is 0 Å². The summed E-state index contributed by atoms with van der Waals surface area (Å²) in [6.07, 6.45) is 4.72. The van der Waals surface area contributed by atoms with E-state index >= 15 is 0 Å². The first-order valence-corrected chi connectivity index (χ1v) is 10.6. The van der Waals surface area contributed by atoms with Crippen LogP contribution in [0.1, 0.15) is 36.0 Å². The van der Waals surface area contributed by atoms with Crippen molar-refractivity contribution in [1.29, 1.82) is 0 Å². The smallest absolute Gasteiger partial charge is 0.237 e. The van der Waals surface area contributed by atoms with Crippen LogP contribution < -0.4 is 5.32 Å². The molecule has 6 heteroatoms. The van der Waals surface area contributed by atoms with Crippen LogP contribution in [0.4, 0.5) is 5.69 Å². The summed E-state index contributed by atoms with van der Waals surface area (Å²) >= 11 is 3.34. The Hall–Kier alpha value is -1.92. The van der Waals surface area contributed by atoms with Gasteiger partial charge in [0.1, 0.15) is 15.7 Å². The van der Waals surface area contributed by atoms with Gasteiger partial charge in [0.15, 0.2) is 0 Å². The van der Waals surface area contributed by atoms with Gasteiger partial charge < -0.3 is 5.32 Å². The van der Waals surface area contributed by atoms with E-state index < -0.39 is 0 Å². The van der Waals surface area contributed by atoms with Crippen molar-refractivity contribution in [2.75, 3.05) is 5.32 Å². The number of nitrogens with one attached hydrogen (secondary N) is 1. The first-order valence-electron chi connectivity index (χ1n) is 8.93. The Morgan fingerprint density at radius 3 is 2.77 bits per heavy atom. The zero-order chi connectivity index (χ0) is 18.1. The minimum absolute atomic E-state index is 0.00490. The summed E-state index contributed by atoms with van der Waals surface area (Å²) in [5, 5.41) is 4.88. The Balaban J connectivity index is 1.62. The minimum atomic E-state index is -0.230. The predicted molar refractivity (Wildman–Crippen MR) is 109 cm³/mol. The molecule has 134 valence electrons. The molecule has 1 atom stereocenters. The lowest BCUT2D eigenvalue weighted by molar-refractivity contribution is -0.115. The van der Waals surface area contributed by atoms with Crippen molar-refractivity contribution < 1.29 is 4.79 Å². The van der Waals surface area contributed by atoms with Gasteiger partial charge in [-0.2, -0.15) is 0 Å². The number of aryl methyl sites for hydroxylation is 3. The number of hydrogen-bond donors (Lipinski definition) is 1. The molecule has 0 fully saturated rings. The average Bonchev–Trinajstić information content (AvgIpc) is 3.00. The van der Waals surface area contributed by atoms with Crippen LogP contribution in [0, 0.1) is 6.92 Å². The first kappa shape index (κ1) is 17.5. The molecular weight excluding hydrogens is 362 g/mol. The molecule has 0 saturated heterocycles. The van der Waals surface area contributed by atoms with Gasteiger partial charge in [-0.15, -0.1) is 11.3 Å². The summed E-state index contributed by atoms with van der Waals surface area (Å²) in [6, 6.07) is 9.58. The van der Waals surface area contributed by atoms with E-state index in [1.165, 1.54) is 40.4 Å². The molecule has 0 aliphatic heterocycles. The number of thioether (sulfide) groups is 1. The molecule has 1 amide bonds. The number of nitrogens with zero attached hydrogens (tertiary/aromatic N) is 2. The van der Waals surface area contributed by atoms with Gasteiger partial charge in [-0.25, -0.2) is 9.97 Å². The molecule has 1 N–H and O–H groups in total. The molecule has 4 nitrogen and oxygen atoms in total. The molecule has 1 aliphatic carbocycles. The normalized spacial score (nSPS) is 14.8. The van der Waals surface area contributed by atoms with Crippen molar-refractivity contribution in [3.63, 3.8) is 0 Å². The molecular formula is C20H21N3OS2. The van der Waals surface area contributed by atoms with Gasteiger partial charge in [-0.05, 0) is 57.2 Å². The van der Waals surface area contributed by atoms with E-state index in [2.05, 4.69) is 15.3 Å². The van der Waals surface area contributed by atoms with E-state index in [-0.39, 0.29) is 11.2 Å². The molecule has 2 heterocycles. The van der Waals surface area contributed by atoms with E-state index in [4.69, 9.17) is 0 Å². The summed E-state index contributed by atoms with van der Waals surface area (Å²) in [7, 11) is 0. The fourth-order valence-electron chi connectivity index (χ4n) is 3.30. The van der Waals surface area contributed by atoms with E-state index in [1.54, 1.807) is 11.3 Å². The SMILES string of the molecule is Cc1nc(S[C@@H](C)C(=O)Nc2ccccc2)c2c3c(sc2n1)CCCC3. The molecule has 4 rings (SSSR count). The average molecular weight is 384 g/mol. The zero-order valence-electron chi connectivity index (χ0n) is 14.9. The second-order valence-corrected chi connectivity index (χ2v) is 9.00. The molecule has 0 spiro atoms. The van der Waals surface area contributed by atoms with Gasteiger partial charge >= 0.3 is 0 Å². The highest BCUT2D eigenvalue weighted by Gasteiger charge is 2.23.